The number of carbonyl (C=O) groups is 1. The molecule has 1 aliphatic rings. The van der Waals surface area contributed by atoms with Crippen molar-refractivity contribution in [1.29, 1.82) is 0 Å². The van der Waals surface area contributed by atoms with Crippen LogP contribution in [0.3, 0.4) is 0 Å². The lowest BCUT2D eigenvalue weighted by atomic mass is 9.98. The summed E-state index contributed by atoms with van der Waals surface area (Å²) >= 11 is 1.71. The molecule has 1 saturated heterocycles. The molecule has 5 nitrogen and oxygen atoms in total. The minimum atomic E-state index is 0.195. The van der Waals surface area contributed by atoms with Crippen LogP contribution in [0.5, 0.6) is 0 Å². The summed E-state index contributed by atoms with van der Waals surface area (Å²) in [5.41, 5.74) is 2.06. The molecule has 0 saturated carbocycles. The topological polar surface area (TPSA) is 51.0 Å². The highest BCUT2D eigenvalue weighted by atomic mass is 32.1. The largest absolute Gasteiger partial charge is 0.342 e. The molecule has 0 aliphatic carbocycles. The third kappa shape index (κ3) is 3.32. The zero-order valence-electron chi connectivity index (χ0n) is 12.5. The van der Waals surface area contributed by atoms with Crippen LogP contribution < -0.4 is 0 Å². The number of aromatic nitrogens is 3. The van der Waals surface area contributed by atoms with E-state index in [9.17, 15) is 4.79 Å². The summed E-state index contributed by atoms with van der Waals surface area (Å²) in [4.78, 5) is 19.0. The molecule has 21 heavy (non-hydrogen) atoms. The minimum Gasteiger partial charge on any atom is -0.342 e. The molecule has 0 radical (unpaired) electrons. The Morgan fingerprint density at radius 3 is 3.05 bits per heavy atom. The SMILES string of the molecule is Cc1csc([C@@H]2CCCN(C(=O)Cc3cnn(C)c3)C2)n1. The number of nitrogens with zero attached hydrogens (tertiary/aromatic N) is 4. The molecule has 0 bridgehead atoms. The number of likely N-dealkylation sites (tertiary alicyclic amines) is 1. The van der Waals surface area contributed by atoms with Gasteiger partial charge in [0, 0.05) is 43.3 Å². The summed E-state index contributed by atoms with van der Waals surface area (Å²) in [6, 6.07) is 0. The van der Waals surface area contributed by atoms with Crippen molar-refractivity contribution in [3.05, 3.63) is 34.0 Å². The van der Waals surface area contributed by atoms with Crippen LogP contribution in [0.2, 0.25) is 0 Å². The van der Waals surface area contributed by atoms with Crippen LogP contribution in [-0.2, 0) is 18.3 Å². The van der Waals surface area contributed by atoms with Crippen molar-refractivity contribution in [2.45, 2.75) is 32.1 Å². The van der Waals surface area contributed by atoms with Crippen molar-refractivity contribution < 1.29 is 4.79 Å². The first kappa shape index (κ1) is 14.3. The molecule has 3 heterocycles. The Labute approximate surface area is 128 Å². The standard InChI is InChI=1S/C15H20N4OS/c1-11-10-21-15(17-11)13-4-3-5-19(9-13)14(20)6-12-7-16-18(2)8-12/h7-8,10,13H,3-6,9H2,1-2H3/t13-/m1/s1. The molecule has 0 spiro atoms. The number of rotatable bonds is 3. The highest BCUT2D eigenvalue weighted by Gasteiger charge is 2.26. The number of piperidine rings is 1. The summed E-state index contributed by atoms with van der Waals surface area (Å²) in [6.07, 6.45) is 6.30. The summed E-state index contributed by atoms with van der Waals surface area (Å²) in [7, 11) is 1.87. The summed E-state index contributed by atoms with van der Waals surface area (Å²) in [6.45, 7) is 3.68. The smallest absolute Gasteiger partial charge is 0.227 e. The molecule has 1 amide bonds. The maximum absolute atomic E-state index is 12.4. The molecule has 1 fully saturated rings. The number of hydrogen-bond acceptors (Lipinski definition) is 4. The Balaban J connectivity index is 1.64. The fourth-order valence-corrected chi connectivity index (χ4v) is 3.74. The van der Waals surface area contributed by atoms with Gasteiger partial charge in [0.15, 0.2) is 0 Å². The molecule has 0 aromatic carbocycles. The second kappa shape index (κ2) is 5.97. The summed E-state index contributed by atoms with van der Waals surface area (Å²) < 4.78 is 1.74. The van der Waals surface area contributed by atoms with Gasteiger partial charge in [0.1, 0.15) is 0 Å². The van der Waals surface area contributed by atoms with Gasteiger partial charge in [0.05, 0.1) is 17.6 Å². The number of amides is 1. The second-order valence-corrected chi connectivity index (χ2v) is 6.59. The molecule has 112 valence electrons. The van der Waals surface area contributed by atoms with Gasteiger partial charge in [0.25, 0.3) is 0 Å². The van der Waals surface area contributed by atoms with E-state index in [-0.39, 0.29) is 5.91 Å². The molecular weight excluding hydrogens is 284 g/mol. The molecule has 6 heteroatoms. The molecule has 1 aliphatic heterocycles. The maximum atomic E-state index is 12.4. The van der Waals surface area contributed by atoms with Crippen molar-refractivity contribution in [2.24, 2.45) is 7.05 Å². The Bertz CT molecular complexity index is 633. The fraction of sp³-hybridized carbons (Fsp3) is 0.533. The first-order chi connectivity index (χ1) is 10.1. The van der Waals surface area contributed by atoms with Gasteiger partial charge in [-0.15, -0.1) is 11.3 Å². The van der Waals surface area contributed by atoms with Gasteiger partial charge < -0.3 is 4.90 Å². The zero-order chi connectivity index (χ0) is 14.8. The number of aryl methyl sites for hydroxylation is 2. The molecule has 1 atom stereocenters. The van der Waals surface area contributed by atoms with Crippen LogP contribution in [0, 0.1) is 6.92 Å². The lowest BCUT2D eigenvalue weighted by molar-refractivity contribution is -0.131. The average Bonchev–Trinajstić information content (AvgIpc) is 3.08. The van der Waals surface area contributed by atoms with E-state index in [2.05, 4.69) is 15.5 Å². The highest BCUT2D eigenvalue weighted by molar-refractivity contribution is 7.09. The molecule has 3 rings (SSSR count). The highest BCUT2D eigenvalue weighted by Crippen LogP contribution is 2.29. The van der Waals surface area contributed by atoms with E-state index in [1.54, 1.807) is 22.2 Å². The maximum Gasteiger partial charge on any atom is 0.227 e. The quantitative estimate of drug-likeness (QED) is 0.873. The minimum absolute atomic E-state index is 0.195. The lowest BCUT2D eigenvalue weighted by Gasteiger charge is -2.31. The van der Waals surface area contributed by atoms with Crippen molar-refractivity contribution in [3.8, 4) is 0 Å². The van der Waals surface area contributed by atoms with E-state index < -0.39 is 0 Å². The Kier molecular flexibility index (Phi) is 4.05. The van der Waals surface area contributed by atoms with Gasteiger partial charge >= 0.3 is 0 Å². The zero-order valence-corrected chi connectivity index (χ0v) is 13.3. The third-order valence-electron chi connectivity index (χ3n) is 3.87. The first-order valence-corrected chi connectivity index (χ1v) is 8.17. The average molecular weight is 304 g/mol. The van der Waals surface area contributed by atoms with Crippen LogP contribution in [0.4, 0.5) is 0 Å². The normalized spacial score (nSPS) is 19.0. The van der Waals surface area contributed by atoms with Crippen LogP contribution >= 0.6 is 11.3 Å². The Morgan fingerprint density at radius 2 is 2.38 bits per heavy atom. The summed E-state index contributed by atoms with van der Waals surface area (Å²) in [5.74, 6) is 0.594. The Hall–Kier alpha value is -1.69. The van der Waals surface area contributed by atoms with E-state index >= 15 is 0 Å². The third-order valence-corrected chi connectivity index (χ3v) is 5.00. The molecular formula is C15H20N4OS. The molecule has 0 N–H and O–H groups in total. The van der Waals surface area contributed by atoms with Crippen molar-refractivity contribution in [1.82, 2.24) is 19.7 Å². The molecule has 0 unspecified atom stereocenters. The second-order valence-electron chi connectivity index (χ2n) is 5.71. The van der Waals surface area contributed by atoms with E-state index in [0.717, 1.165) is 37.2 Å². The van der Waals surface area contributed by atoms with Crippen LogP contribution in [0.1, 0.15) is 35.0 Å². The van der Waals surface area contributed by atoms with Gasteiger partial charge in [-0.05, 0) is 25.3 Å². The first-order valence-electron chi connectivity index (χ1n) is 7.29. The van der Waals surface area contributed by atoms with Gasteiger partial charge in [-0.3, -0.25) is 9.48 Å². The van der Waals surface area contributed by atoms with Crippen molar-refractivity contribution >= 4 is 17.2 Å². The van der Waals surface area contributed by atoms with Crippen LogP contribution in [0.25, 0.3) is 0 Å². The fourth-order valence-electron chi connectivity index (χ4n) is 2.81. The van der Waals surface area contributed by atoms with Crippen LogP contribution in [-0.4, -0.2) is 38.7 Å². The molecule has 2 aromatic rings. The predicted octanol–water partition coefficient (Wildman–Crippen LogP) is 2.13. The Morgan fingerprint density at radius 1 is 1.52 bits per heavy atom. The monoisotopic (exact) mass is 304 g/mol. The molecule has 2 aromatic heterocycles. The van der Waals surface area contributed by atoms with Crippen molar-refractivity contribution in [3.63, 3.8) is 0 Å². The van der Waals surface area contributed by atoms with E-state index in [0.29, 0.717) is 12.3 Å². The van der Waals surface area contributed by atoms with E-state index in [4.69, 9.17) is 0 Å². The van der Waals surface area contributed by atoms with E-state index in [1.807, 2.05) is 25.1 Å². The van der Waals surface area contributed by atoms with Crippen LogP contribution in [0.15, 0.2) is 17.8 Å². The summed E-state index contributed by atoms with van der Waals surface area (Å²) in [5, 5.41) is 7.38. The number of carbonyl (C=O) groups excluding carboxylic acids is 1. The lowest BCUT2D eigenvalue weighted by Crippen LogP contribution is -2.39. The predicted molar refractivity (Wildman–Crippen MR) is 82.3 cm³/mol. The van der Waals surface area contributed by atoms with Gasteiger partial charge in [-0.25, -0.2) is 4.98 Å². The number of hydrogen-bond donors (Lipinski definition) is 0. The van der Waals surface area contributed by atoms with E-state index in [1.165, 1.54) is 5.01 Å². The van der Waals surface area contributed by atoms with Crippen molar-refractivity contribution in [2.75, 3.05) is 13.1 Å². The van der Waals surface area contributed by atoms with Gasteiger partial charge in [0.2, 0.25) is 5.91 Å². The van der Waals surface area contributed by atoms with Gasteiger partial charge in [-0.2, -0.15) is 5.10 Å². The number of thiazole rings is 1. The van der Waals surface area contributed by atoms with Gasteiger partial charge in [-0.1, -0.05) is 0 Å².